The highest BCUT2D eigenvalue weighted by Crippen LogP contribution is 2.23. The molecule has 2 aromatic carbocycles. The van der Waals surface area contributed by atoms with Crippen LogP contribution in [0.5, 0.6) is 0 Å². The number of rotatable bonds is 5. The van der Waals surface area contributed by atoms with Gasteiger partial charge in [-0.3, -0.25) is 14.5 Å². The lowest BCUT2D eigenvalue weighted by Gasteiger charge is -2.14. The number of carbonyl (C=O) groups is 3. The highest BCUT2D eigenvalue weighted by Gasteiger charge is 2.38. The van der Waals surface area contributed by atoms with Crippen LogP contribution in [0.15, 0.2) is 53.0 Å². The lowest BCUT2D eigenvalue weighted by molar-refractivity contribution is -0.130. The van der Waals surface area contributed by atoms with Crippen molar-refractivity contribution in [3.8, 4) is 0 Å². The van der Waals surface area contributed by atoms with Gasteiger partial charge in [0, 0.05) is 10.9 Å². The van der Waals surface area contributed by atoms with E-state index in [0.29, 0.717) is 12.1 Å². The summed E-state index contributed by atoms with van der Waals surface area (Å²) in [7, 11) is 0. The van der Waals surface area contributed by atoms with Crippen molar-refractivity contribution in [3.63, 3.8) is 0 Å². The molecule has 2 aromatic rings. The monoisotopic (exact) mass is 415 g/mol. The van der Waals surface area contributed by atoms with Crippen molar-refractivity contribution in [3.05, 3.63) is 64.1 Å². The first-order chi connectivity index (χ1) is 12.4. The highest BCUT2D eigenvalue weighted by atomic mass is 79.9. The molecule has 4 amide bonds. The van der Waals surface area contributed by atoms with E-state index >= 15 is 0 Å². The van der Waals surface area contributed by atoms with Gasteiger partial charge in [-0.25, -0.2) is 4.79 Å². The molecule has 1 aliphatic heterocycles. The lowest BCUT2D eigenvalue weighted by Crippen LogP contribution is -2.38. The largest absolute Gasteiger partial charge is 0.325 e. The molecule has 0 aliphatic carbocycles. The predicted octanol–water partition coefficient (Wildman–Crippen LogP) is 2.86. The molecular formula is C19H18BrN3O3. The number of anilines is 1. The van der Waals surface area contributed by atoms with Gasteiger partial charge in [0.05, 0.1) is 5.69 Å². The normalized spacial score (nSPS) is 16.5. The van der Waals surface area contributed by atoms with Gasteiger partial charge in [-0.05, 0) is 46.1 Å². The molecule has 0 radical (unpaired) electrons. The number of hydrogen-bond acceptors (Lipinski definition) is 3. The van der Waals surface area contributed by atoms with Crippen LogP contribution in [0.3, 0.4) is 0 Å². The topological polar surface area (TPSA) is 78.5 Å². The number of benzene rings is 2. The second kappa shape index (κ2) is 7.70. The fraction of sp³-hybridized carbons (Fsp3) is 0.211. The molecule has 3 rings (SSSR count). The standard InChI is InChI=1S/C19H18BrN3O3/c1-12-7-8-15(14(20)9-12)21-17(24)11-23-18(25)16(22-19(23)26)10-13-5-3-2-4-6-13/h2-9,16H,10-11H2,1H3,(H,21,24)(H,22,26)/t16-/m0/s1. The summed E-state index contributed by atoms with van der Waals surface area (Å²) in [5.74, 6) is -0.824. The summed E-state index contributed by atoms with van der Waals surface area (Å²) in [5, 5.41) is 5.35. The minimum atomic E-state index is -0.649. The minimum Gasteiger partial charge on any atom is -0.325 e. The molecule has 1 saturated heterocycles. The SMILES string of the molecule is Cc1ccc(NC(=O)CN2C(=O)N[C@@H](Cc3ccccc3)C2=O)c(Br)c1. The van der Waals surface area contributed by atoms with Crippen LogP contribution in [0.2, 0.25) is 0 Å². The smallest absolute Gasteiger partial charge is 0.325 e. The summed E-state index contributed by atoms with van der Waals surface area (Å²) >= 11 is 3.38. The summed E-state index contributed by atoms with van der Waals surface area (Å²) in [4.78, 5) is 37.8. The van der Waals surface area contributed by atoms with E-state index in [9.17, 15) is 14.4 Å². The van der Waals surface area contributed by atoms with E-state index < -0.39 is 23.9 Å². The Balaban J connectivity index is 1.63. The predicted molar refractivity (Wildman–Crippen MR) is 102 cm³/mol. The van der Waals surface area contributed by atoms with Gasteiger partial charge in [0.15, 0.2) is 0 Å². The van der Waals surface area contributed by atoms with E-state index in [1.165, 1.54) is 0 Å². The van der Waals surface area contributed by atoms with Crippen LogP contribution in [0.4, 0.5) is 10.5 Å². The third-order valence-corrected chi connectivity index (χ3v) is 4.75. The first kappa shape index (κ1) is 18.1. The van der Waals surface area contributed by atoms with Crippen LogP contribution in [0.25, 0.3) is 0 Å². The zero-order valence-electron chi connectivity index (χ0n) is 14.2. The molecule has 6 nitrogen and oxygen atoms in total. The minimum absolute atomic E-state index is 0.323. The molecule has 0 aromatic heterocycles. The molecule has 1 atom stereocenters. The molecular weight excluding hydrogens is 398 g/mol. The molecule has 1 fully saturated rings. The van der Waals surface area contributed by atoms with Crippen molar-refractivity contribution in [1.82, 2.24) is 10.2 Å². The Morgan fingerprint density at radius 1 is 1.19 bits per heavy atom. The van der Waals surface area contributed by atoms with E-state index in [1.807, 2.05) is 49.4 Å². The van der Waals surface area contributed by atoms with Crippen LogP contribution < -0.4 is 10.6 Å². The van der Waals surface area contributed by atoms with Gasteiger partial charge >= 0.3 is 6.03 Å². The molecule has 7 heteroatoms. The van der Waals surface area contributed by atoms with E-state index in [0.717, 1.165) is 20.5 Å². The van der Waals surface area contributed by atoms with E-state index in [-0.39, 0.29) is 6.54 Å². The van der Waals surface area contributed by atoms with E-state index in [4.69, 9.17) is 0 Å². The second-order valence-electron chi connectivity index (χ2n) is 6.15. The van der Waals surface area contributed by atoms with Crippen LogP contribution >= 0.6 is 15.9 Å². The Bertz CT molecular complexity index is 854. The molecule has 0 spiro atoms. The maximum absolute atomic E-state index is 12.5. The van der Waals surface area contributed by atoms with Crippen LogP contribution in [0, 0.1) is 6.92 Å². The number of imide groups is 1. The number of urea groups is 1. The van der Waals surface area contributed by atoms with Crippen molar-refractivity contribution in [2.24, 2.45) is 0 Å². The van der Waals surface area contributed by atoms with Crippen LogP contribution in [-0.4, -0.2) is 35.3 Å². The van der Waals surface area contributed by atoms with Crippen LogP contribution in [0.1, 0.15) is 11.1 Å². The van der Waals surface area contributed by atoms with Crippen LogP contribution in [-0.2, 0) is 16.0 Å². The summed E-state index contributed by atoms with van der Waals surface area (Å²) in [6, 6.07) is 13.7. The molecule has 0 unspecified atom stereocenters. The van der Waals surface area contributed by atoms with Gasteiger partial charge in [-0.2, -0.15) is 0 Å². The number of aryl methyl sites for hydroxylation is 1. The number of halogens is 1. The number of carbonyl (C=O) groups excluding carboxylic acids is 3. The van der Waals surface area contributed by atoms with Crippen molar-refractivity contribution in [2.45, 2.75) is 19.4 Å². The number of nitrogens with one attached hydrogen (secondary N) is 2. The maximum atomic E-state index is 12.5. The van der Waals surface area contributed by atoms with Crippen molar-refractivity contribution >= 4 is 39.5 Å². The van der Waals surface area contributed by atoms with Gasteiger partial charge in [0.1, 0.15) is 12.6 Å². The maximum Gasteiger partial charge on any atom is 0.325 e. The number of hydrogen-bond donors (Lipinski definition) is 2. The molecule has 0 saturated carbocycles. The summed E-state index contributed by atoms with van der Waals surface area (Å²) < 4.78 is 0.741. The molecule has 26 heavy (non-hydrogen) atoms. The molecule has 0 bridgehead atoms. The fourth-order valence-electron chi connectivity index (χ4n) is 2.77. The zero-order chi connectivity index (χ0) is 18.7. The summed E-state index contributed by atoms with van der Waals surface area (Å²) in [5.41, 5.74) is 2.59. The average Bonchev–Trinajstić information content (AvgIpc) is 2.86. The summed E-state index contributed by atoms with van der Waals surface area (Å²) in [6.07, 6.45) is 0.396. The summed E-state index contributed by atoms with van der Waals surface area (Å²) in [6.45, 7) is 1.62. The first-order valence-corrected chi connectivity index (χ1v) is 8.95. The Labute approximate surface area is 159 Å². The molecule has 1 heterocycles. The third-order valence-electron chi connectivity index (χ3n) is 4.09. The molecule has 2 N–H and O–H groups in total. The Morgan fingerprint density at radius 3 is 2.62 bits per heavy atom. The van der Waals surface area contributed by atoms with Gasteiger partial charge in [0.2, 0.25) is 5.91 Å². The van der Waals surface area contributed by atoms with Gasteiger partial charge in [0.25, 0.3) is 5.91 Å². The Kier molecular flexibility index (Phi) is 5.37. The van der Waals surface area contributed by atoms with Gasteiger partial charge in [-0.1, -0.05) is 36.4 Å². The molecule has 1 aliphatic rings. The third kappa shape index (κ3) is 4.11. The quantitative estimate of drug-likeness (QED) is 0.736. The Morgan fingerprint density at radius 2 is 1.92 bits per heavy atom. The van der Waals surface area contributed by atoms with E-state index in [1.54, 1.807) is 6.07 Å². The molecule has 134 valence electrons. The van der Waals surface area contributed by atoms with Gasteiger partial charge in [-0.15, -0.1) is 0 Å². The Hall–Kier alpha value is -2.67. The highest BCUT2D eigenvalue weighted by molar-refractivity contribution is 9.10. The average molecular weight is 416 g/mol. The van der Waals surface area contributed by atoms with Crippen molar-refractivity contribution in [2.75, 3.05) is 11.9 Å². The van der Waals surface area contributed by atoms with Crippen molar-refractivity contribution < 1.29 is 14.4 Å². The zero-order valence-corrected chi connectivity index (χ0v) is 15.7. The number of nitrogens with zero attached hydrogens (tertiary/aromatic N) is 1. The first-order valence-electron chi connectivity index (χ1n) is 8.16. The van der Waals surface area contributed by atoms with E-state index in [2.05, 4.69) is 26.6 Å². The second-order valence-corrected chi connectivity index (χ2v) is 7.00. The van der Waals surface area contributed by atoms with Gasteiger partial charge < -0.3 is 10.6 Å². The lowest BCUT2D eigenvalue weighted by atomic mass is 10.1. The number of amides is 4. The van der Waals surface area contributed by atoms with Crippen molar-refractivity contribution in [1.29, 1.82) is 0 Å². The fourth-order valence-corrected chi connectivity index (χ4v) is 3.36.